The van der Waals surface area contributed by atoms with Crippen LogP contribution < -0.4 is 10.4 Å². The summed E-state index contributed by atoms with van der Waals surface area (Å²) >= 11 is 0. The van der Waals surface area contributed by atoms with Gasteiger partial charge >= 0.3 is 0 Å². The molecule has 2 rings (SSSR count). The molecule has 0 radical (unpaired) electrons. The number of aliphatic carboxylic acids is 1. The van der Waals surface area contributed by atoms with Crippen LogP contribution in [0.4, 0.5) is 5.69 Å². The smallest absolute Gasteiger partial charge is 0.227 e. The molecule has 1 aromatic rings. The Balaban J connectivity index is 0.000000411. The molecule has 41 heavy (non-hydrogen) atoms. The normalized spacial score (nSPS) is 17.2. The van der Waals surface area contributed by atoms with E-state index in [4.69, 9.17) is 0 Å². The number of carboxylic acid groups (broad SMARTS) is 1. The van der Waals surface area contributed by atoms with Crippen LogP contribution in [0.1, 0.15) is 134 Å². The van der Waals surface area contributed by atoms with Gasteiger partial charge in [-0.05, 0) is 102 Å². The SMILES string of the molecule is CCCCC/C=C\C/C=C\C/C=C\CCCCC(=O)[O-].CCCCC1CCCCC1C(=O)Nc1c(C)cccc1C. The third-order valence-corrected chi connectivity index (χ3v) is 7.92. The maximum absolute atomic E-state index is 12.7. The molecule has 2 atom stereocenters. The molecule has 1 N–H and O–H groups in total. The fraction of sp³-hybridized carbons (Fsp3) is 0.622. The number of carboxylic acids is 1. The Kier molecular flexibility index (Phi) is 21.3. The highest BCUT2D eigenvalue weighted by Crippen LogP contribution is 2.35. The highest BCUT2D eigenvalue weighted by atomic mass is 16.4. The van der Waals surface area contributed by atoms with Crippen LogP contribution in [-0.4, -0.2) is 11.9 Å². The molecule has 0 spiro atoms. The first kappa shape index (κ1) is 36.4. The van der Waals surface area contributed by atoms with Gasteiger partial charge in [0, 0.05) is 17.6 Å². The van der Waals surface area contributed by atoms with E-state index in [2.05, 4.69) is 81.6 Å². The van der Waals surface area contributed by atoms with Crippen LogP contribution in [0, 0.1) is 25.7 Å². The Hall–Kier alpha value is -2.62. The number of nitrogens with one attached hydrogen (secondary N) is 1. The second-order valence-corrected chi connectivity index (χ2v) is 11.5. The summed E-state index contributed by atoms with van der Waals surface area (Å²) in [6.45, 7) is 8.59. The minimum Gasteiger partial charge on any atom is -0.550 e. The molecule has 0 heterocycles. The monoisotopic (exact) mass is 564 g/mol. The maximum Gasteiger partial charge on any atom is 0.227 e. The number of hydrogen-bond acceptors (Lipinski definition) is 3. The molecule has 0 aromatic heterocycles. The quantitative estimate of drug-likeness (QED) is 0.143. The Morgan fingerprint density at radius 2 is 1.37 bits per heavy atom. The summed E-state index contributed by atoms with van der Waals surface area (Å²) < 4.78 is 0. The largest absolute Gasteiger partial charge is 0.550 e. The number of carbonyl (C=O) groups excluding carboxylic acids is 2. The molecule has 1 saturated carbocycles. The van der Waals surface area contributed by atoms with Crippen LogP contribution in [-0.2, 0) is 9.59 Å². The summed E-state index contributed by atoms with van der Waals surface area (Å²) in [4.78, 5) is 22.9. The molecular weight excluding hydrogens is 506 g/mol. The predicted molar refractivity (Wildman–Crippen MR) is 174 cm³/mol. The van der Waals surface area contributed by atoms with Crippen LogP contribution in [0.25, 0.3) is 0 Å². The number of rotatable bonds is 18. The van der Waals surface area contributed by atoms with Gasteiger partial charge in [0.15, 0.2) is 0 Å². The lowest BCUT2D eigenvalue weighted by atomic mass is 9.76. The molecule has 4 nitrogen and oxygen atoms in total. The number of hydrogen-bond donors (Lipinski definition) is 1. The van der Waals surface area contributed by atoms with E-state index in [0.29, 0.717) is 12.3 Å². The van der Waals surface area contributed by atoms with Crippen LogP contribution in [0.2, 0.25) is 0 Å². The maximum atomic E-state index is 12.7. The van der Waals surface area contributed by atoms with E-state index in [0.717, 1.165) is 48.9 Å². The number of allylic oxidation sites excluding steroid dienone is 6. The van der Waals surface area contributed by atoms with E-state index in [1.807, 2.05) is 6.07 Å². The van der Waals surface area contributed by atoms with Crippen LogP contribution >= 0.6 is 0 Å². The summed E-state index contributed by atoms with van der Waals surface area (Å²) in [7, 11) is 0. The molecule has 1 aliphatic carbocycles. The molecule has 1 amide bonds. The second-order valence-electron chi connectivity index (χ2n) is 11.5. The van der Waals surface area contributed by atoms with Gasteiger partial charge in [0.2, 0.25) is 5.91 Å². The van der Waals surface area contributed by atoms with Crippen LogP contribution in [0.3, 0.4) is 0 Å². The highest BCUT2D eigenvalue weighted by Gasteiger charge is 2.30. The lowest BCUT2D eigenvalue weighted by Gasteiger charge is -2.31. The average Bonchev–Trinajstić information content (AvgIpc) is 2.96. The summed E-state index contributed by atoms with van der Waals surface area (Å²) in [5.74, 6) is 0.0974. The van der Waals surface area contributed by atoms with Gasteiger partial charge in [-0.3, -0.25) is 4.79 Å². The van der Waals surface area contributed by atoms with Crippen molar-refractivity contribution in [2.45, 2.75) is 137 Å². The van der Waals surface area contributed by atoms with E-state index in [1.54, 1.807) is 0 Å². The standard InChI is InChI=1S/C19H29NO.C18H30O2/c1-4-5-11-16-12-6-7-13-17(16)19(21)20-18-14(2)9-8-10-15(18)3;1-2-3-4-5-6-7-8-9-10-11-12-13-14-15-16-17-18(19)20/h8-10,16-17H,4-7,11-13H2,1-3H3,(H,20,21);6-7,9-10,12-13H,2-5,8,11,14-17H2,1H3,(H,19,20)/p-1/b;7-6-,10-9-,13-12-. The number of benzene rings is 1. The number of anilines is 1. The van der Waals surface area contributed by atoms with Gasteiger partial charge < -0.3 is 15.2 Å². The van der Waals surface area contributed by atoms with Gasteiger partial charge in [0.25, 0.3) is 0 Å². The van der Waals surface area contributed by atoms with Crippen molar-refractivity contribution in [1.29, 1.82) is 0 Å². The first-order valence-electron chi connectivity index (χ1n) is 16.4. The van der Waals surface area contributed by atoms with Crippen molar-refractivity contribution in [2.24, 2.45) is 11.8 Å². The summed E-state index contributed by atoms with van der Waals surface area (Å²) in [6.07, 6.45) is 31.5. The van der Waals surface area contributed by atoms with Crippen molar-refractivity contribution in [3.63, 3.8) is 0 Å². The van der Waals surface area contributed by atoms with E-state index in [9.17, 15) is 14.7 Å². The van der Waals surface area contributed by atoms with Gasteiger partial charge in [-0.25, -0.2) is 0 Å². The van der Waals surface area contributed by atoms with Crippen molar-refractivity contribution in [1.82, 2.24) is 0 Å². The third kappa shape index (κ3) is 17.7. The number of aryl methyl sites for hydroxylation is 2. The lowest BCUT2D eigenvalue weighted by Crippen LogP contribution is -2.32. The fourth-order valence-electron chi connectivity index (χ4n) is 5.41. The molecule has 0 bridgehead atoms. The Morgan fingerprint density at radius 1 is 0.805 bits per heavy atom. The number of unbranched alkanes of at least 4 members (excludes halogenated alkanes) is 6. The highest BCUT2D eigenvalue weighted by molar-refractivity contribution is 5.94. The molecule has 4 heteroatoms. The molecular formula is C37H58NO3-. The van der Waals surface area contributed by atoms with E-state index in [-0.39, 0.29) is 18.2 Å². The Bertz CT molecular complexity index is 910. The lowest BCUT2D eigenvalue weighted by molar-refractivity contribution is -0.305. The van der Waals surface area contributed by atoms with E-state index < -0.39 is 5.97 Å². The molecule has 0 saturated heterocycles. The number of para-hydroxylation sites is 1. The summed E-state index contributed by atoms with van der Waals surface area (Å²) in [5, 5.41) is 13.4. The molecule has 1 fully saturated rings. The summed E-state index contributed by atoms with van der Waals surface area (Å²) in [6, 6.07) is 6.18. The zero-order valence-electron chi connectivity index (χ0n) is 26.6. The Labute approximate surface area is 251 Å². The van der Waals surface area contributed by atoms with Crippen LogP contribution in [0.5, 0.6) is 0 Å². The third-order valence-electron chi connectivity index (χ3n) is 7.92. The summed E-state index contributed by atoms with van der Waals surface area (Å²) in [5.41, 5.74) is 3.33. The molecule has 0 aliphatic heterocycles. The van der Waals surface area contributed by atoms with Gasteiger partial charge in [0.1, 0.15) is 0 Å². The van der Waals surface area contributed by atoms with Gasteiger partial charge in [-0.1, -0.05) is 107 Å². The van der Waals surface area contributed by atoms with Crippen molar-refractivity contribution < 1.29 is 14.7 Å². The molecule has 1 aromatic carbocycles. The first-order chi connectivity index (χ1) is 19.9. The number of amides is 1. The van der Waals surface area contributed by atoms with Crippen molar-refractivity contribution in [3.8, 4) is 0 Å². The van der Waals surface area contributed by atoms with Crippen LogP contribution in [0.15, 0.2) is 54.7 Å². The minimum atomic E-state index is -0.945. The van der Waals surface area contributed by atoms with E-state index in [1.165, 1.54) is 64.2 Å². The molecule has 1 aliphatic rings. The van der Waals surface area contributed by atoms with Crippen molar-refractivity contribution in [2.75, 3.05) is 5.32 Å². The predicted octanol–water partition coefficient (Wildman–Crippen LogP) is 9.56. The minimum absolute atomic E-state index is 0.179. The van der Waals surface area contributed by atoms with Gasteiger partial charge in [-0.2, -0.15) is 0 Å². The topological polar surface area (TPSA) is 69.2 Å². The first-order valence-corrected chi connectivity index (χ1v) is 16.4. The number of carbonyl (C=O) groups is 2. The van der Waals surface area contributed by atoms with Crippen molar-refractivity contribution in [3.05, 3.63) is 65.8 Å². The Morgan fingerprint density at radius 3 is 1.95 bits per heavy atom. The zero-order valence-corrected chi connectivity index (χ0v) is 26.6. The van der Waals surface area contributed by atoms with Gasteiger partial charge in [-0.15, -0.1) is 0 Å². The second kappa shape index (κ2) is 24.0. The van der Waals surface area contributed by atoms with E-state index >= 15 is 0 Å². The molecule has 2 unspecified atom stereocenters. The fourth-order valence-corrected chi connectivity index (χ4v) is 5.41. The average molecular weight is 565 g/mol. The molecule has 230 valence electrons. The van der Waals surface area contributed by atoms with Gasteiger partial charge in [0.05, 0.1) is 0 Å². The zero-order chi connectivity index (χ0) is 30.1. The van der Waals surface area contributed by atoms with Crippen molar-refractivity contribution >= 4 is 17.6 Å².